The molecule has 0 aromatic rings. The molecule has 0 atom stereocenters. The second kappa shape index (κ2) is 14.5. The fraction of sp³-hybridized carbons (Fsp3) is 0.625. The Kier molecular flexibility index (Phi) is 15.1. The van der Waals surface area contributed by atoms with Gasteiger partial charge in [-0.2, -0.15) is 0 Å². The summed E-state index contributed by atoms with van der Waals surface area (Å²) in [6.07, 6.45) is 4.28. The SMILES string of the molecule is C=CCB(OC(C)C)OC(C)C.C=CCOC(=O)CC(C)=O. The van der Waals surface area contributed by atoms with Crippen LogP contribution < -0.4 is 0 Å². The molecule has 0 saturated carbocycles. The lowest BCUT2D eigenvalue weighted by Crippen LogP contribution is -2.28. The number of rotatable bonds is 10. The molecule has 0 unspecified atom stereocenters. The summed E-state index contributed by atoms with van der Waals surface area (Å²) < 4.78 is 15.5. The van der Waals surface area contributed by atoms with Crippen molar-refractivity contribution >= 4 is 18.9 Å². The first-order valence-electron chi connectivity index (χ1n) is 7.40. The summed E-state index contributed by atoms with van der Waals surface area (Å²) in [7, 11) is -0.137. The van der Waals surface area contributed by atoms with Crippen LogP contribution in [0.1, 0.15) is 41.0 Å². The van der Waals surface area contributed by atoms with Crippen molar-refractivity contribution in [2.45, 2.75) is 59.6 Å². The van der Waals surface area contributed by atoms with E-state index in [0.717, 1.165) is 6.32 Å². The lowest BCUT2D eigenvalue weighted by atomic mass is 9.84. The highest BCUT2D eigenvalue weighted by Gasteiger charge is 2.18. The van der Waals surface area contributed by atoms with Gasteiger partial charge < -0.3 is 14.0 Å². The molecule has 6 heteroatoms. The standard InChI is InChI=1S/C9H19BO2.C7H10O3/c1-6-7-10(11-8(2)3)12-9(4)5;1-3-4-10-7(9)5-6(2)8/h6,8-9H,1,7H2,2-5H3;3H,1,4-5H2,2H3. The zero-order valence-electron chi connectivity index (χ0n) is 14.5. The minimum absolute atomic E-state index is 0.137. The van der Waals surface area contributed by atoms with Crippen molar-refractivity contribution < 1.29 is 23.6 Å². The van der Waals surface area contributed by atoms with E-state index >= 15 is 0 Å². The second-order valence-corrected chi connectivity index (χ2v) is 5.17. The van der Waals surface area contributed by atoms with Gasteiger partial charge in [0.1, 0.15) is 18.8 Å². The average molecular weight is 312 g/mol. The molecule has 0 N–H and O–H groups in total. The summed E-state index contributed by atoms with van der Waals surface area (Å²) in [5, 5.41) is 0. The Morgan fingerprint density at radius 3 is 1.86 bits per heavy atom. The van der Waals surface area contributed by atoms with Gasteiger partial charge in [-0.05, 0) is 34.6 Å². The number of hydrogen-bond acceptors (Lipinski definition) is 5. The third-order valence-corrected chi connectivity index (χ3v) is 1.96. The molecule has 0 fully saturated rings. The van der Waals surface area contributed by atoms with Crippen LogP contribution in [0.4, 0.5) is 0 Å². The van der Waals surface area contributed by atoms with E-state index in [1.807, 2.05) is 33.8 Å². The number of allylic oxidation sites excluding steroid dienone is 1. The van der Waals surface area contributed by atoms with Crippen LogP contribution in [0.25, 0.3) is 0 Å². The Morgan fingerprint density at radius 1 is 1.05 bits per heavy atom. The van der Waals surface area contributed by atoms with Crippen LogP contribution in [0.2, 0.25) is 6.32 Å². The molecular formula is C16H29BO5. The molecule has 0 aliphatic carbocycles. The number of Topliss-reactive ketones (excluding diaryl/α,β-unsaturated/α-hetero) is 1. The summed E-state index contributed by atoms with van der Waals surface area (Å²) in [6.45, 7) is 16.5. The van der Waals surface area contributed by atoms with Gasteiger partial charge in [0, 0.05) is 18.5 Å². The topological polar surface area (TPSA) is 61.8 Å². The maximum atomic E-state index is 10.5. The molecule has 126 valence electrons. The predicted molar refractivity (Wildman–Crippen MR) is 89.7 cm³/mol. The molecular weight excluding hydrogens is 283 g/mol. The van der Waals surface area contributed by atoms with Crippen molar-refractivity contribution in [2.75, 3.05) is 6.61 Å². The number of esters is 1. The Labute approximate surface area is 134 Å². The molecule has 0 rings (SSSR count). The van der Waals surface area contributed by atoms with Gasteiger partial charge in [-0.15, -0.1) is 6.58 Å². The molecule has 0 heterocycles. The van der Waals surface area contributed by atoms with E-state index in [1.165, 1.54) is 13.0 Å². The highest BCUT2D eigenvalue weighted by atomic mass is 16.6. The summed E-state index contributed by atoms with van der Waals surface area (Å²) >= 11 is 0. The Balaban J connectivity index is 0. The molecule has 0 bridgehead atoms. The first-order valence-corrected chi connectivity index (χ1v) is 7.40. The third-order valence-electron chi connectivity index (χ3n) is 1.96. The lowest BCUT2D eigenvalue weighted by molar-refractivity contribution is -0.144. The minimum Gasteiger partial charge on any atom is -0.461 e. The van der Waals surface area contributed by atoms with E-state index in [9.17, 15) is 9.59 Å². The van der Waals surface area contributed by atoms with Crippen molar-refractivity contribution in [2.24, 2.45) is 0 Å². The Bertz CT molecular complexity index is 329. The Morgan fingerprint density at radius 2 is 1.55 bits per heavy atom. The van der Waals surface area contributed by atoms with Crippen molar-refractivity contribution in [1.29, 1.82) is 0 Å². The largest absolute Gasteiger partial charge is 0.461 e. The number of ketones is 1. The van der Waals surface area contributed by atoms with Crippen LogP contribution in [0.3, 0.4) is 0 Å². The van der Waals surface area contributed by atoms with E-state index in [4.69, 9.17) is 9.31 Å². The van der Waals surface area contributed by atoms with Gasteiger partial charge in [-0.3, -0.25) is 9.59 Å². The van der Waals surface area contributed by atoms with E-state index in [1.54, 1.807) is 0 Å². The molecule has 22 heavy (non-hydrogen) atoms. The zero-order valence-corrected chi connectivity index (χ0v) is 14.5. The first kappa shape index (κ1) is 22.9. The summed E-state index contributed by atoms with van der Waals surface area (Å²) in [4.78, 5) is 20.8. The highest BCUT2D eigenvalue weighted by Crippen LogP contribution is 2.04. The fourth-order valence-corrected chi connectivity index (χ4v) is 1.29. The quantitative estimate of drug-likeness (QED) is 0.268. The number of ether oxygens (including phenoxy) is 1. The van der Waals surface area contributed by atoms with Crippen molar-refractivity contribution in [3.8, 4) is 0 Å². The minimum atomic E-state index is -0.493. The van der Waals surface area contributed by atoms with Gasteiger partial charge >= 0.3 is 13.1 Å². The highest BCUT2D eigenvalue weighted by molar-refractivity contribution is 6.45. The number of carbonyl (C=O) groups excluding carboxylic acids is 2. The number of hydrogen-bond donors (Lipinski definition) is 0. The Hall–Kier alpha value is -1.40. The van der Waals surface area contributed by atoms with Crippen LogP contribution in [0.5, 0.6) is 0 Å². The van der Waals surface area contributed by atoms with Crippen molar-refractivity contribution in [3.63, 3.8) is 0 Å². The smallest absolute Gasteiger partial charge is 0.461 e. The molecule has 0 aromatic heterocycles. The van der Waals surface area contributed by atoms with E-state index in [0.29, 0.717) is 0 Å². The van der Waals surface area contributed by atoms with E-state index in [-0.39, 0.29) is 38.1 Å². The molecule has 0 radical (unpaired) electrons. The summed E-state index contributed by atoms with van der Waals surface area (Å²) in [5.41, 5.74) is 0. The van der Waals surface area contributed by atoms with Gasteiger partial charge in [0.05, 0.1) is 0 Å². The van der Waals surface area contributed by atoms with Crippen LogP contribution in [0, 0.1) is 0 Å². The molecule has 0 spiro atoms. The van der Waals surface area contributed by atoms with Crippen LogP contribution in [-0.4, -0.2) is 37.7 Å². The lowest BCUT2D eigenvalue weighted by Gasteiger charge is -2.18. The first-order chi connectivity index (χ1) is 10.2. The molecule has 0 aliphatic heterocycles. The van der Waals surface area contributed by atoms with Crippen LogP contribution >= 0.6 is 0 Å². The van der Waals surface area contributed by atoms with Crippen LogP contribution in [0.15, 0.2) is 25.3 Å². The average Bonchev–Trinajstić information content (AvgIpc) is 2.35. The van der Waals surface area contributed by atoms with Crippen molar-refractivity contribution in [3.05, 3.63) is 25.3 Å². The molecule has 0 aliphatic rings. The second-order valence-electron chi connectivity index (χ2n) is 5.17. The van der Waals surface area contributed by atoms with Crippen LogP contribution in [-0.2, 0) is 23.6 Å². The monoisotopic (exact) mass is 312 g/mol. The fourth-order valence-electron chi connectivity index (χ4n) is 1.29. The van der Waals surface area contributed by atoms with Gasteiger partial charge in [-0.1, -0.05) is 18.7 Å². The van der Waals surface area contributed by atoms with Gasteiger partial charge in [0.15, 0.2) is 0 Å². The molecule has 0 amide bonds. The summed E-state index contributed by atoms with van der Waals surface area (Å²) in [5.74, 6) is -0.679. The molecule has 0 saturated heterocycles. The van der Waals surface area contributed by atoms with Gasteiger partial charge in [-0.25, -0.2) is 0 Å². The predicted octanol–water partition coefficient (Wildman–Crippen LogP) is 3.21. The normalized spacial score (nSPS) is 9.77. The maximum absolute atomic E-state index is 10.5. The molecule has 0 aromatic carbocycles. The third kappa shape index (κ3) is 18.6. The van der Waals surface area contributed by atoms with Gasteiger partial charge in [0.25, 0.3) is 0 Å². The van der Waals surface area contributed by atoms with E-state index in [2.05, 4.69) is 17.9 Å². The summed E-state index contributed by atoms with van der Waals surface area (Å²) in [6, 6.07) is 0. The number of carbonyl (C=O) groups is 2. The maximum Gasteiger partial charge on any atom is 0.461 e. The van der Waals surface area contributed by atoms with E-state index < -0.39 is 5.97 Å². The van der Waals surface area contributed by atoms with Gasteiger partial charge in [0.2, 0.25) is 0 Å². The zero-order chi connectivity index (χ0) is 17.5. The van der Waals surface area contributed by atoms with Crippen molar-refractivity contribution in [1.82, 2.24) is 0 Å². The molecule has 5 nitrogen and oxygen atoms in total.